The van der Waals surface area contributed by atoms with Crippen LogP contribution in [-0.2, 0) is 14.1 Å². The van der Waals surface area contributed by atoms with Gasteiger partial charge in [0, 0.05) is 20.1 Å². The number of anilines is 1. The molecule has 0 amide bonds. The van der Waals surface area contributed by atoms with E-state index in [1.807, 2.05) is 6.07 Å². The molecule has 1 saturated carbocycles. The summed E-state index contributed by atoms with van der Waals surface area (Å²) in [5.74, 6) is 0.814. The van der Waals surface area contributed by atoms with Gasteiger partial charge in [0.2, 0.25) is 0 Å². The molecule has 0 radical (unpaired) electrons. The number of nitrogens with zero attached hydrogens (tertiary/aromatic N) is 3. The molecular weight excluding hydrogens is 256 g/mol. The first-order chi connectivity index (χ1) is 9.47. The molecular formula is C14H20N4O2. The van der Waals surface area contributed by atoms with E-state index in [1.54, 1.807) is 7.05 Å². The zero-order chi connectivity index (χ0) is 14.9. The first kappa shape index (κ1) is 14.4. The Labute approximate surface area is 117 Å². The average Bonchev–Trinajstić information content (AvgIpc) is 2.45. The summed E-state index contributed by atoms with van der Waals surface area (Å²) in [6.07, 6.45) is 4.45. The minimum atomic E-state index is -0.540. The van der Waals surface area contributed by atoms with Crippen LogP contribution >= 0.6 is 0 Å². The Morgan fingerprint density at radius 2 is 1.85 bits per heavy atom. The lowest BCUT2D eigenvalue weighted by molar-refractivity contribution is 0.348. The Morgan fingerprint density at radius 3 is 2.45 bits per heavy atom. The van der Waals surface area contributed by atoms with Gasteiger partial charge < -0.3 is 5.32 Å². The van der Waals surface area contributed by atoms with E-state index in [0.29, 0.717) is 11.7 Å². The quantitative estimate of drug-likeness (QED) is 0.872. The molecule has 1 N–H and O–H groups in total. The van der Waals surface area contributed by atoms with Gasteiger partial charge in [0.15, 0.2) is 5.56 Å². The van der Waals surface area contributed by atoms with Crippen LogP contribution in [0.4, 0.5) is 5.82 Å². The summed E-state index contributed by atoms with van der Waals surface area (Å²) in [6, 6.07) is 2.12. The molecule has 1 aromatic heterocycles. The number of rotatable bonds is 2. The Morgan fingerprint density at radius 1 is 1.20 bits per heavy atom. The van der Waals surface area contributed by atoms with Crippen molar-refractivity contribution in [2.45, 2.75) is 38.6 Å². The molecule has 0 spiro atoms. The van der Waals surface area contributed by atoms with Gasteiger partial charge in [-0.1, -0.05) is 19.8 Å². The van der Waals surface area contributed by atoms with Crippen molar-refractivity contribution in [3.05, 3.63) is 26.4 Å². The third kappa shape index (κ3) is 2.36. The molecule has 6 heteroatoms. The summed E-state index contributed by atoms with van der Waals surface area (Å²) in [5, 5.41) is 12.5. The Hall–Kier alpha value is -2.03. The molecule has 0 saturated heterocycles. The second-order valence-corrected chi connectivity index (χ2v) is 5.55. The van der Waals surface area contributed by atoms with Crippen molar-refractivity contribution in [1.29, 1.82) is 5.26 Å². The van der Waals surface area contributed by atoms with Crippen molar-refractivity contribution >= 4 is 5.82 Å². The summed E-state index contributed by atoms with van der Waals surface area (Å²) in [5.41, 5.74) is -0.950. The summed E-state index contributed by atoms with van der Waals surface area (Å²) in [4.78, 5) is 24.0. The maximum atomic E-state index is 12.0. The van der Waals surface area contributed by atoms with Crippen LogP contribution in [0, 0.1) is 17.2 Å². The van der Waals surface area contributed by atoms with Crippen LogP contribution in [-0.4, -0.2) is 15.2 Å². The van der Waals surface area contributed by atoms with E-state index >= 15 is 0 Å². The zero-order valence-corrected chi connectivity index (χ0v) is 12.1. The predicted octanol–water partition coefficient (Wildman–Crippen LogP) is 0.946. The highest BCUT2D eigenvalue weighted by molar-refractivity contribution is 5.51. The second kappa shape index (κ2) is 5.53. The first-order valence-corrected chi connectivity index (χ1v) is 6.94. The molecule has 2 atom stereocenters. The SMILES string of the molecule is C[C@@H]1CCCC[C@@H]1Nc1c(C#N)c(=O)n(C)c(=O)n1C. The average molecular weight is 276 g/mol. The molecule has 0 bridgehead atoms. The molecule has 1 aliphatic rings. The summed E-state index contributed by atoms with van der Waals surface area (Å²) >= 11 is 0. The van der Waals surface area contributed by atoms with E-state index in [0.717, 1.165) is 23.8 Å². The number of nitrogens with one attached hydrogen (secondary N) is 1. The van der Waals surface area contributed by atoms with Crippen molar-refractivity contribution in [1.82, 2.24) is 9.13 Å². The maximum absolute atomic E-state index is 12.0. The van der Waals surface area contributed by atoms with Gasteiger partial charge in [0.1, 0.15) is 11.9 Å². The van der Waals surface area contributed by atoms with Gasteiger partial charge >= 0.3 is 5.69 Å². The highest BCUT2D eigenvalue weighted by Crippen LogP contribution is 2.26. The van der Waals surface area contributed by atoms with E-state index in [-0.39, 0.29) is 11.6 Å². The van der Waals surface area contributed by atoms with Crippen molar-refractivity contribution in [2.75, 3.05) is 5.32 Å². The minimum Gasteiger partial charge on any atom is -0.367 e. The molecule has 6 nitrogen and oxygen atoms in total. The molecule has 1 aromatic rings. The summed E-state index contributed by atoms with van der Waals surface area (Å²) < 4.78 is 2.31. The van der Waals surface area contributed by atoms with Gasteiger partial charge in [-0.2, -0.15) is 5.26 Å². The third-order valence-corrected chi connectivity index (χ3v) is 4.21. The largest absolute Gasteiger partial charge is 0.367 e. The number of hydrogen-bond donors (Lipinski definition) is 1. The smallest absolute Gasteiger partial charge is 0.332 e. The molecule has 0 aromatic carbocycles. The number of aromatic nitrogens is 2. The van der Waals surface area contributed by atoms with Crippen molar-refractivity contribution in [3.8, 4) is 6.07 Å². The van der Waals surface area contributed by atoms with Crippen LogP contribution in [0.2, 0.25) is 0 Å². The fourth-order valence-corrected chi connectivity index (χ4v) is 2.82. The van der Waals surface area contributed by atoms with E-state index in [1.165, 1.54) is 18.0 Å². The van der Waals surface area contributed by atoms with Crippen LogP contribution in [0.1, 0.15) is 38.2 Å². The standard InChI is InChI=1S/C14H20N4O2/c1-9-6-4-5-7-11(9)16-12-10(8-15)13(19)18(3)14(20)17(12)2/h9,11,16H,4-7H2,1-3H3/t9-,11+/m1/s1. The van der Waals surface area contributed by atoms with Crippen LogP contribution in [0.5, 0.6) is 0 Å². The van der Waals surface area contributed by atoms with Gasteiger partial charge in [-0.25, -0.2) is 4.79 Å². The second-order valence-electron chi connectivity index (χ2n) is 5.55. The molecule has 2 rings (SSSR count). The molecule has 0 aliphatic heterocycles. The number of nitriles is 1. The predicted molar refractivity (Wildman–Crippen MR) is 76.7 cm³/mol. The van der Waals surface area contributed by atoms with Gasteiger partial charge in [-0.05, 0) is 18.8 Å². The Bertz CT molecular complexity index is 665. The molecule has 0 unspecified atom stereocenters. The lowest BCUT2D eigenvalue weighted by Crippen LogP contribution is -2.42. The lowest BCUT2D eigenvalue weighted by atomic mass is 9.86. The van der Waals surface area contributed by atoms with E-state index in [2.05, 4.69) is 12.2 Å². The van der Waals surface area contributed by atoms with Crippen LogP contribution in [0.15, 0.2) is 9.59 Å². The van der Waals surface area contributed by atoms with Gasteiger partial charge in [0.05, 0.1) is 0 Å². The highest BCUT2D eigenvalue weighted by Gasteiger charge is 2.24. The minimum absolute atomic E-state index is 0.00683. The van der Waals surface area contributed by atoms with Crippen LogP contribution < -0.4 is 16.6 Å². The number of hydrogen-bond acceptors (Lipinski definition) is 4. The lowest BCUT2D eigenvalue weighted by Gasteiger charge is -2.31. The topological polar surface area (TPSA) is 79.8 Å². The summed E-state index contributed by atoms with van der Waals surface area (Å²) in [7, 11) is 2.97. The third-order valence-electron chi connectivity index (χ3n) is 4.21. The van der Waals surface area contributed by atoms with Crippen LogP contribution in [0.3, 0.4) is 0 Å². The normalized spacial score (nSPS) is 22.3. The molecule has 20 heavy (non-hydrogen) atoms. The maximum Gasteiger partial charge on any atom is 0.332 e. The first-order valence-electron chi connectivity index (χ1n) is 6.94. The fourth-order valence-electron chi connectivity index (χ4n) is 2.82. The van der Waals surface area contributed by atoms with Crippen molar-refractivity contribution in [2.24, 2.45) is 20.0 Å². The van der Waals surface area contributed by atoms with Gasteiger partial charge in [-0.3, -0.25) is 13.9 Å². The fraction of sp³-hybridized carbons (Fsp3) is 0.643. The van der Waals surface area contributed by atoms with Gasteiger partial charge in [-0.15, -0.1) is 0 Å². The Balaban J connectivity index is 2.49. The molecule has 1 aliphatic carbocycles. The molecule has 108 valence electrons. The molecule has 1 heterocycles. The Kier molecular flexibility index (Phi) is 3.98. The van der Waals surface area contributed by atoms with Crippen LogP contribution in [0.25, 0.3) is 0 Å². The van der Waals surface area contributed by atoms with E-state index in [9.17, 15) is 14.9 Å². The van der Waals surface area contributed by atoms with Crippen molar-refractivity contribution in [3.63, 3.8) is 0 Å². The molecule has 1 fully saturated rings. The monoisotopic (exact) mass is 276 g/mol. The van der Waals surface area contributed by atoms with Gasteiger partial charge in [0.25, 0.3) is 5.56 Å². The highest BCUT2D eigenvalue weighted by atomic mass is 16.2. The van der Waals surface area contributed by atoms with E-state index < -0.39 is 11.2 Å². The zero-order valence-electron chi connectivity index (χ0n) is 12.1. The summed E-state index contributed by atoms with van der Waals surface area (Å²) in [6.45, 7) is 2.15. The van der Waals surface area contributed by atoms with Crippen molar-refractivity contribution < 1.29 is 0 Å². The van der Waals surface area contributed by atoms with E-state index in [4.69, 9.17) is 0 Å².